The van der Waals surface area contributed by atoms with E-state index < -0.39 is 0 Å². The number of aromatic nitrogens is 1. The molecule has 3 nitrogen and oxygen atoms in total. The molecule has 1 N–H and O–H groups in total. The lowest BCUT2D eigenvalue weighted by molar-refractivity contribution is 0.353. The van der Waals surface area contributed by atoms with Gasteiger partial charge in [-0.1, -0.05) is 32.1 Å². The SMILES string of the molecule is CNc1nc(CC2CCCCC2)c(C)o1. The first-order valence-electron chi connectivity index (χ1n) is 5.93. The van der Waals surface area contributed by atoms with E-state index in [1.165, 1.54) is 32.1 Å². The molecule has 2 rings (SSSR count). The Kier molecular flexibility index (Phi) is 3.29. The molecule has 0 unspecified atom stereocenters. The fourth-order valence-corrected chi connectivity index (χ4v) is 2.39. The summed E-state index contributed by atoms with van der Waals surface area (Å²) in [4.78, 5) is 4.44. The predicted octanol–water partition coefficient (Wildman–Crippen LogP) is 3.15. The summed E-state index contributed by atoms with van der Waals surface area (Å²) in [6.45, 7) is 2.01. The summed E-state index contributed by atoms with van der Waals surface area (Å²) in [6, 6.07) is 0.651. The van der Waals surface area contributed by atoms with Crippen molar-refractivity contribution in [2.45, 2.75) is 45.4 Å². The molecule has 1 aliphatic rings. The van der Waals surface area contributed by atoms with E-state index in [-0.39, 0.29) is 0 Å². The van der Waals surface area contributed by atoms with Crippen LogP contribution in [0.15, 0.2) is 4.42 Å². The fourth-order valence-electron chi connectivity index (χ4n) is 2.39. The zero-order chi connectivity index (χ0) is 10.7. The van der Waals surface area contributed by atoms with Crippen LogP contribution in [-0.4, -0.2) is 12.0 Å². The van der Waals surface area contributed by atoms with Gasteiger partial charge in [-0.3, -0.25) is 0 Å². The minimum atomic E-state index is 0.651. The first kappa shape index (κ1) is 10.5. The first-order valence-corrected chi connectivity index (χ1v) is 5.93. The Labute approximate surface area is 91.3 Å². The van der Waals surface area contributed by atoms with E-state index >= 15 is 0 Å². The van der Waals surface area contributed by atoms with Crippen molar-refractivity contribution in [2.75, 3.05) is 12.4 Å². The molecule has 84 valence electrons. The Morgan fingerprint density at radius 2 is 2.07 bits per heavy atom. The van der Waals surface area contributed by atoms with E-state index in [1.54, 1.807) is 0 Å². The lowest BCUT2D eigenvalue weighted by Gasteiger charge is -2.20. The molecular formula is C12H20N2O. The van der Waals surface area contributed by atoms with Crippen LogP contribution in [0.2, 0.25) is 0 Å². The van der Waals surface area contributed by atoms with Crippen molar-refractivity contribution < 1.29 is 4.42 Å². The molecule has 15 heavy (non-hydrogen) atoms. The lowest BCUT2D eigenvalue weighted by atomic mass is 9.86. The highest BCUT2D eigenvalue weighted by atomic mass is 16.4. The number of aryl methyl sites for hydroxylation is 1. The predicted molar refractivity (Wildman–Crippen MR) is 61.1 cm³/mol. The Bertz CT molecular complexity index is 313. The van der Waals surface area contributed by atoms with Gasteiger partial charge in [0.15, 0.2) is 0 Å². The van der Waals surface area contributed by atoms with Gasteiger partial charge in [0.1, 0.15) is 5.76 Å². The van der Waals surface area contributed by atoms with Crippen LogP contribution in [-0.2, 0) is 6.42 Å². The van der Waals surface area contributed by atoms with Gasteiger partial charge in [0, 0.05) is 7.05 Å². The molecule has 1 aliphatic carbocycles. The molecule has 0 aliphatic heterocycles. The molecule has 1 heterocycles. The first-order chi connectivity index (χ1) is 7.29. The second kappa shape index (κ2) is 4.69. The highest BCUT2D eigenvalue weighted by molar-refractivity contribution is 5.24. The maximum atomic E-state index is 5.48. The second-order valence-electron chi connectivity index (χ2n) is 4.48. The average molecular weight is 208 g/mol. The quantitative estimate of drug-likeness (QED) is 0.829. The number of rotatable bonds is 3. The number of hydrogen-bond acceptors (Lipinski definition) is 3. The van der Waals surface area contributed by atoms with Crippen molar-refractivity contribution >= 4 is 6.01 Å². The lowest BCUT2D eigenvalue weighted by Crippen LogP contribution is -2.10. The van der Waals surface area contributed by atoms with Crippen LogP contribution in [0, 0.1) is 12.8 Å². The summed E-state index contributed by atoms with van der Waals surface area (Å²) in [5.41, 5.74) is 1.14. The van der Waals surface area contributed by atoms with Crippen molar-refractivity contribution in [3.63, 3.8) is 0 Å². The molecule has 0 atom stereocenters. The molecule has 1 fully saturated rings. The van der Waals surface area contributed by atoms with E-state index in [9.17, 15) is 0 Å². The summed E-state index contributed by atoms with van der Waals surface area (Å²) in [5.74, 6) is 1.80. The number of oxazole rings is 1. The van der Waals surface area contributed by atoms with Crippen LogP contribution in [0.4, 0.5) is 6.01 Å². The highest BCUT2D eigenvalue weighted by Crippen LogP contribution is 2.28. The minimum Gasteiger partial charge on any atom is -0.429 e. The molecule has 0 radical (unpaired) electrons. The Balaban J connectivity index is 1.99. The summed E-state index contributed by atoms with van der Waals surface area (Å²) in [7, 11) is 1.84. The van der Waals surface area contributed by atoms with Crippen molar-refractivity contribution in [1.82, 2.24) is 4.98 Å². The summed E-state index contributed by atoms with van der Waals surface area (Å²) in [6.07, 6.45) is 8.01. The standard InChI is InChI=1S/C12H20N2O/c1-9-11(14-12(13-2)15-9)8-10-6-4-3-5-7-10/h10H,3-8H2,1-2H3,(H,13,14). The Morgan fingerprint density at radius 3 is 2.67 bits per heavy atom. The molecule has 0 saturated heterocycles. The third-order valence-electron chi connectivity index (χ3n) is 3.31. The van der Waals surface area contributed by atoms with E-state index in [0.29, 0.717) is 6.01 Å². The summed E-state index contributed by atoms with van der Waals surface area (Å²) in [5, 5.41) is 2.95. The van der Waals surface area contributed by atoms with Gasteiger partial charge in [0.05, 0.1) is 5.69 Å². The van der Waals surface area contributed by atoms with Crippen LogP contribution in [0.1, 0.15) is 43.6 Å². The monoisotopic (exact) mass is 208 g/mol. The molecule has 0 bridgehead atoms. The molecule has 1 aromatic heterocycles. The Morgan fingerprint density at radius 1 is 1.33 bits per heavy atom. The topological polar surface area (TPSA) is 38.1 Å². The third kappa shape index (κ3) is 2.52. The van der Waals surface area contributed by atoms with Crippen LogP contribution in [0.25, 0.3) is 0 Å². The number of nitrogens with zero attached hydrogens (tertiary/aromatic N) is 1. The summed E-state index contributed by atoms with van der Waals surface area (Å²) >= 11 is 0. The van der Waals surface area contributed by atoms with Crippen molar-refractivity contribution in [2.24, 2.45) is 5.92 Å². The van der Waals surface area contributed by atoms with Gasteiger partial charge >= 0.3 is 0 Å². The largest absolute Gasteiger partial charge is 0.429 e. The molecular weight excluding hydrogens is 188 g/mol. The van der Waals surface area contributed by atoms with Gasteiger partial charge < -0.3 is 9.73 Å². The highest BCUT2D eigenvalue weighted by Gasteiger charge is 2.17. The normalized spacial score (nSPS) is 18.0. The summed E-state index contributed by atoms with van der Waals surface area (Å²) < 4.78 is 5.48. The van der Waals surface area contributed by atoms with Crippen LogP contribution in [0.3, 0.4) is 0 Å². The number of anilines is 1. The van der Waals surface area contributed by atoms with Crippen molar-refractivity contribution in [3.8, 4) is 0 Å². The van der Waals surface area contributed by atoms with Crippen LogP contribution in [0.5, 0.6) is 0 Å². The van der Waals surface area contributed by atoms with E-state index in [0.717, 1.165) is 23.8 Å². The third-order valence-corrected chi connectivity index (χ3v) is 3.31. The second-order valence-corrected chi connectivity index (χ2v) is 4.48. The van der Waals surface area contributed by atoms with Gasteiger partial charge in [0.2, 0.25) is 0 Å². The average Bonchev–Trinajstić information content (AvgIpc) is 2.61. The minimum absolute atomic E-state index is 0.651. The van der Waals surface area contributed by atoms with Gasteiger partial charge in [-0.2, -0.15) is 4.98 Å². The zero-order valence-corrected chi connectivity index (χ0v) is 9.68. The Hall–Kier alpha value is -0.990. The molecule has 0 aromatic carbocycles. The molecule has 3 heteroatoms. The molecule has 1 aromatic rings. The van der Waals surface area contributed by atoms with Gasteiger partial charge in [-0.25, -0.2) is 0 Å². The number of nitrogens with one attached hydrogen (secondary N) is 1. The molecule has 1 saturated carbocycles. The van der Waals surface area contributed by atoms with E-state index in [4.69, 9.17) is 4.42 Å². The fraction of sp³-hybridized carbons (Fsp3) is 0.750. The van der Waals surface area contributed by atoms with Gasteiger partial charge in [-0.15, -0.1) is 0 Å². The van der Waals surface area contributed by atoms with Crippen LogP contribution >= 0.6 is 0 Å². The van der Waals surface area contributed by atoms with Gasteiger partial charge in [-0.05, 0) is 19.3 Å². The van der Waals surface area contributed by atoms with Crippen LogP contribution < -0.4 is 5.32 Å². The molecule has 0 spiro atoms. The van der Waals surface area contributed by atoms with E-state index in [1.807, 2.05) is 14.0 Å². The molecule has 0 amide bonds. The maximum Gasteiger partial charge on any atom is 0.294 e. The maximum absolute atomic E-state index is 5.48. The zero-order valence-electron chi connectivity index (χ0n) is 9.68. The number of hydrogen-bond donors (Lipinski definition) is 1. The van der Waals surface area contributed by atoms with Crippen molar-refractivity contribution in [3.05, 3.63) is 11.5 Å². The smallest absolute Gasteiger partial charge is 0.294 e. The van der Waals surface area contributed by atoms with E-state index in [2.05, 4.69) is 10.3 Å². The van der Waals surface area contributed by atoms with Gasteiger partial charge in [0.25, 0.3) is 6.01 Å². The van der Waals surface area contributed by atoms with Crippen molar-refractivity contribution in [1.29, 1.82) is 0 Å².